The number of carbonyl (C=O) groups excluding carboxylic acids is 1. The average Bonchev–Trinajstić information content (AvgIpc) is 3.36. The third-order valence-electron chi connectivity index (χ3n) is 4.87. The van der Waals surface area contributed by atoms with Crippen LogP contribution in [0.1, 0.15) is 49.0 Å². The number of hydrogen-bond acceptors (Lipinski definition) is 2. The minimum atomic E-state index is -0.108. The van der Waals surface area contributed by atoms with Crippen LogP contribution < -0.4 is 0 Å². The summed E-state index contributed by atoms with van der Waals surface area (Å²) in [4.78, 5) is 14.5. The first-order valence-electron chi connectivity index (χ1n) is 8.88. The first kappa shape index (κ1) is 15.4. The van der Waals surface area contributed by atoms with Gasteiger partial charge in [-0.2, -0.15) is 0 Å². The van der Waals surface area contributed by atoms with Gasteiger partial charge in [0.05, 0.1) is 12.1 Å². The molecule has 3 heteroatoms. The monoisotopic (exact) mass is 321 g/mol. The molecule has 0 bridgehead atoms. The van der Waals surface area contributed by atoms with Crippen molar-refractivity contribution in [1.29, 1.82) is 0 Å². The van der Waals surface area contributed by atoms with Gasteiger partial charge < -0.3 is 9.64 Å². The van der Waals surface area contributed by atoms with E-state index in [-0.39, 0.29) is 18.1 Å². The lowest BCUT2D eigenvalue weighted by molar-refractivity contribution is -0.134. The highest BCUT2D eigenvalue weighted by Crippen LogP contribution is 2.42. The molecule has 1 saturated heterocycles. The van der Waals surface area contributed by atoms with E-state index >= 15 is 0 Å². The molecular weight excluding hydrogens is 298 g/mol. The molecule has 2 aromatic carbocycles. The second kappa shape index (κ2) is 6.78. The maximum Gasteiger partial charge on any atom is 0.223 e. The van der Waals surface area contributed by atoms with Crippen LogP contribution in [0.2, 0.25) is 0 Å². The molecule has 1 heterocycles. The molecule has 24 heavy (non-hydrogen) atoms. The molecule has 0 spiro atoms. The summed E-state index contributed by atoms with van der Waals surface area (Å²) < 4.78 is 6.43. The first-order chi connectivity index (χ1) is 11.8. The first-order valence-corrected chi connectivity index (χ1v) is 8.88. The lowest BCUT2D eigenvalue weighted by Crippen LogP contribution is -2.35. The van der Waals surface area contributed by atoms with E-state index in [1.54, 1.807) is 0 Å². The Labute approximate surface area is 143 Å². The molecule has 2 aliphatic rings. The second-order valence-corrected chi connectivity index (χ2v) is 6.71. The maximum atomic E-state index is 12.5. The smallest absolute Gasteiger partial charge is 0.223 e. The SMILES string of the molecule is O=C1CCCN1[C@H](c1ccccc1)[C@H](OC1CC1)c1ccccc1. The molecule has 4 rings (SSSR count). The average molecular weight is 321 g/mol. The van der Waals surface area contributed by atoms with Gasteiger partial charge in [0.25, 0.3) is 0 Å². The minimum absolute atomic E-state index is 0.0517. The molecule has 3 nitrogen and oxygen atoms in total. The number of benzene rings is 2. The lowest BCUT2D eigenvalue weighted by atomic mass is 9.94. The van der Waals surface area contributed by atoms with Gasteiger partial charge in [-0.15, -0.1) is 0 Å². The number of carbonyl (C=O) groups is 1. The van der Waals surface area contributed by atoms with Crippen molar-refractivity contribution < 1.29 is 9.53 Å². The molecule has 0 aromatic heterocycles. The van der Waals surface area contributed by atoms with E-state index in [4.69, 9.17) is 4.74 Å². The Morgan fingerprint density at radius 1 is 0.917 bits per heavy atom. The van der Waals surface area contributed by atoms with E-state index in [9.17, 15) is 4.79 Å². The highest BCUT2D eigenvalue weighted by atomic mass is 16.5. The molecule has 0 N–H and O–H groups in total. The maximum absolute atomic E-state index is 12.5. The van der Waals surface area contributed by atoms with Crippen molar-refractivity contribution >= 4 is 5.91 Å². The fourth-order valence-corrected chi connectivity index (χ4v) is 3.52. The Morgan fingerprint density at radius 2 is 1.54 bits per heavy atom. The number of ether oxygens (including phenoxy) is 1. The van der Waals surface area contributed by atoms with Crippen molar-refractivity contribution in [3.8, 4) is 0 Å². The zero-order valence-corrected chi connectivity index (χ0v) is 13.8. The number of hydrogen-bond donors (Lipinski definition) is 0. The zero-order valence-electron chi connectivity index (χ0n) is 13.8. The predicted octanol–water partition coefficient (Wildman–Crippen LogP) is 4.27. The van der Waals surface area contributed by atoms with Gasteiger partial charge in [-0.05, 0) is 30.4 Å². The number of rotatable bonds is 6. The van der Waals surface area contributed by atoms with Gasteiger partial charge in [-0.3, -0.25) is 4.79 Å². The van der Waals surface area contributed by atoms with Gasteiger partial charge in [0.2, 0.25) is 5.91 Å². The van der Waals surface area contributed by atoms with Gasteiger partial charge in [0, 0.05) is 13.0 Å². The van der Waals surface area contributed by atoms with Gasteiger partial charge in [-0.1, -0.05) is 60.7 Å². The minimum Gasteiger partial charge on any atom is -0.368 e. The van der Waals surface area contributed by atoms with E-state index in [2.05, 4.69) is 24.3 Å². The van der Waals surface area contributed by atoms with Crippen molar-refractivity contribution in [2.45, 2.75) is 43.9 Å². The largest absolute Gasteiger partial charge is 0.368 e. The summed E-state index contributed by atoms with van der Waals surface area (Å²) in [5.74, 6) is 0.240. The van der Waals surface area contributed by atoms with Crippen molar-refractivity contribution in [2.24, 2.45) is 0 Å². The van der Waals surface area contributed by atoms with Gasteiger partial charge in [0.1, 0.15) is 6.10 Å². The van der Waals surface area contributed by atoms with Crippen molar-refractivity contribution in [3.63, 3.8) is 0 Å². The Kier molecular flexibility index (Phi) is 4.35. The van der Waals surface area contributed by atoms with E-state index in [1.165, 1.54) is 0 Å². The molecule has 2 aromatic rings. The van der Waals surface area contributed by atoms with Crippen molar-refractivity contribution in [1.82, 2.24) is 4.90 Å². The normalized spacial score (nSPS) is 20.2. The third-order valence-corrected chi connectivity index (χ3v) is 4.87. The van der Waals surface area contributed by atoms with Crippen LogP contribution in [0.5, 0.6) is 0 Å². The van der Waals surface area contributed by atoms with Crippen LogP contribution in [0, 0.1) is 0 Å². The fraction of sp³-hybridized carbons (Fsp3) is 0.381. The van der Waals surface area contributed by atoms with Crippen molar-refractivity contribution in [3.05, 3.63) is 71.8 Å². The summed E-state index contributed by atoms with van der Waals surface area (Å²) in [6, 6.07) is 20.6. The topological polar surface area (TPSA) is 29.5 Å². The molecule has 2 atom stereocenters. The molecular formula is C21H23NO2. The van der Waals surface area contributed by atoms with Gasteiger partial charge in [0.15, 0.2) is 0 Å². The summed E-state index contributed by atoms with van der Waals surface area (Å²) in [5.41, 5.74) is 2.31. The summed E-state index contributed by atoms with van der Waals surface area (Å²) in [5, 5.41) is 0. The van der Waals surface area contributed by atoms with Crippen LogP contribution in [0.25, 0.3) is 0 Å². The van der Waals surface area contributed by atoms with Crippen LogP contribution in [-0.4, -0.2) is 23.5 Å². The fourth-order valence-electron chi connectivity index (χ4n) is 3.52. The Morgan fingerprint density at radius 3 is 2.08 bits per heavy atom. The highest BCUT2D eigenvalue weighted by Gasteiger charge is 2.39. The quantitative estimate of drug-likeness (QED) is 0.795. The Bertz CT molecular complexity index is 681. The van der Waals surface area contributed by atoms with Crippen molar-refractivity contribution in [2.75, 3.05) is 6.54 Å². The molecule has 1 aliphatic carbocycles. The lowest BCUT2D eigenvalue weighted by Gasteiger charge is -2.35. The van der Waals surface area contributed by atoms with E-state index in [1.807, 2.05) is 41.3 Å². The standard InChI is InChI=1S/C21H23NO2/c23-19-12-7-15-22(19)20(16-8-3-1-4-9-16)21(24-18-13-14-18)17-10-5-2-6-11-17/h1-6,8-11,18,20-21H,7,12-15H2/t20-,21-/m1/s1. The van der Waals surface area contributed by atoms with E-state index in [0.29, 0.717) is 12.5 Å². The van der Waals surface area contributed by atoms with Crippen LogP contribution in [0.4, 0.5) is 0 Å². The zero-order chi connectivity index (χ0) is 16.4. The van der Waals surface area contributed by atoms with E-state index < -0.39 is 0 Å². The number of nitrogens with zero attached hydrogens (tertiary/aromatic N) is 1. The summed E-state index contributed by atoms with van der Waals surface area (Å²) in [6.45, 7) is 0.815. The molecule has 2 fully saturated rings. The van der Waals surface area contributed by atoms with Gasteiger partial charge in [-0.25, -0.2) is 0 Å². The molecule has 0 radical (unpaired) electrons. The molecule has 1 saturated carbocycles. The van der Waals surface area contributed by atoms with Crippen LogP contribution in [-0.2, 0) is 9.53 Å². The molecule has 0 unspecified atom stereocenters. The summed E-state index contributed by atoms with van der Waals surface area (Å²) in [7, 11) is 0. The predicted molar refractivity (Wildman–Crippen MR) is 93.4 cm³/mol. The summed E-state index contributed by atoms with van der Waals surface area (Å²) >= 11 is 0. The second-order valence-electron chi connectivity index (χ2n) is 6.71. The number of amides is 1. The third kappa shape index (κ3) is 3.22. The molecule has 1 aliphatic heterocycles. The Hall–Kier alpha value is -2.13. The Balaban J connectivity index is 1.75. The van der Waals surface area contributed by atoms with E-state index in [0.717, 1.165) is 36.9 Å². The van der Waals surface area contributed by atoms with Crippen LogP contribution in [0.3, 0.4) is 0 Å². The molecule has 1 amide bonds. The van der Waals surface area contributed by atoms with Gasteiger partial charge >= 0.3 is 0 Å². The van der Waals surface area contributed by atoms with Crippen LogP contribution >= 0.6 is 0 Å². The van der Waals surface area contributed by atoms with Crippen LogP contribution in [0.15, 0.2) is 60.7 Å². The molecule has 124 valence electrons. The summed E-state index contributed by atoms with van der Waals surface area (Å²) in [6.07, 6.45) is 4.06. The number of likely N-dealkylation sites (tertiary alicyclic amines) is 1. The highest BCUT2D eigenvalue weighted by molar-refractivity contribution is 5.78.